The molecule has 2 N–H and O–H groups in total. The monoisotopic (exact) mass is 364 g/mol. The average Bonchev–Trinajstić information content (AvgIpc) is 2.67. The number of aromatic nitrogens is 1. The minimum Gasteiger partial charge on any atom is -0.383 e. The van der Waals surface area contributed by atoms with Crippen molar-refractivity contribution >= 4 is 5.82 Å². The SMILES string of the molecule is N#Cc1ccc(-c2cc(-c3ccc(C(F)(F)F)cc3)c(C#N)c(N)n2)cc1. The Hall–Kier alpha value is -3.84. The first-order chi connectivity index (χ1) is 12.8. The van der Waals surface area contributed by atoms with E-state index in [9.17, 15) is 18.4 Å². The third-order valence-corrected chi connectivity index (χ3v) is 3.99. The van der Waals surface area contributed by atoms with Gasteiger partial charge in [0.2, 0.25) is 0 Å². The highest BCUT2D eigenvalue weighted by molar-refractivity contribution is 5.80. The van der Waals surface area contributed by atoms with Crippen molar-refractivity contribution in [2.45, 2.75) is 6.18 Å². The van der Waals surface area contributed by atoms with Crippen LogP contribution in [0.25, 0.3) is 22.4 Å². The number of nitriles is 2. The molecule has 132 valence electrons. The first-order valence-corrected chi connectivity index (χ1v) is 7.72. The Morgan fingerprint density at radius 3 is 1.96 bits per heavy atom. The molecule has 7 heteroatoms. The third-order valence-electron chi connectivity index (χ3n) is 3.99. The number of hydrogen-bond donors (Lipinski definition) is 1. The normalized spacial score (nSPS) is 10.9. The lowest BCUT2D eigenvalue weighted by Gasteiger charge is -2.12. The largest absolute Gasteiger partial charge is 0.416 e. The van der Waals surface area contributed by atoms with E-state index in [2.05, 4.69) is 4.98 Å². The fourth-order valence-corrected chi connectivity index (χ4v) is 2.61. The van der Waals surface area contributed by atoms with Gasteiger partial charge in [-0.15, -0.1) is 0 Å². The molecule has 27 heavy (non-hydrogen) atoms. The smallest absolute Gasteiger partial charge is 0.383 e. The molecular weight excluding hydrogens is 353 g/mol. The van der Waals surface area contributed by atoms with E-state index in [0.717, 1.165) is 12.1 Å². The topological polar surface area (TPSA) is 86.5 Å². The second kappa shape index (κ2) is 6.81. The van der Waals surface area contributed by atoms with Gasteiger partial charge in [0.25, 0.3) is 0 Å². The molecule has 3 rings (SSSR count). The number of benzene rings is 2. The number of hydrogen-bond acceptors (Lipinski definition) is 4. The Bertz CT molecular complexity index is 1070. The van der Waals surface area contributed by atoms with Gasteiger partial charge in [-0.25, -0.2) is 4.98 Å². The second-order valence-electron chi connectivity index (χ2n) is 5.69. The Balaban J connectivity index is 2.13. The first kappa shape index (κ1) is 18.0. The lowest BCUT2D eigenvalue weighted by molar-refractivity contribution is -0.137. The number of halogens is 3. The summed E-state index contributed by atoms with van der Waals surface area (Å²) in [4.78, 5) is 4.21. The first-order valence-electron chi connectivity index (χ1n) is 7.72. The van der Waals surface area contributed by atoms with Gasteiger partial charge in [-0.3, -0.25) is 0 Å². The molecule has 0 saturated carbocycles. The molecule has 2 aromatic carbocycles. The summed E-state index contributed by atoms with van der Waals surface area (Å²) in [5.41, 5.74) is 7.61. The Kier molecular flexibility index (Phi) is 4.53. The predicted molar refractivity (Wildman–Crippen MR) is 94.0 cm³/mol. The lowest BCUT2D eigenvalue weighted by atomic mass is 9.97. The average molecular weight is 364 g/mol. The van der Waals surface area contributed by atoms with Crippen LogP contribution >= 0.6 is 0 Å². The number of nitrogens with zero attached hydrogens (tertiary/aromatic N) is 3. The van der Waals surface area contributed by atoms with Gasteiger partial charge in [0.15, 0.2) is 0 Å². The summed E-state index contributed by atoms with van der Waals surface area (Å²) in [6.45, 7) is 0. The molecule has 0 spiro atoms. The lowest BCUT2D eigenvalue weighted by Crippen LogP contribution is -2.04. The maximum atomic E-state index is 12.8. The number of anilines is 1. The fraction of sp³-hybridized carbons (Fsp3) is 0.0500. The van der Waals surface area contributed by atoms with Gasteiger partial charge in [0.05, 0.1) is 22.9 Å². The maximum Gasteiger partial charge on any atom is 0.416 e. The molecule has 0 aliphatic heterocycles. The molecule has 0 radical (unpaired) electrons. The summed E-state index contributed by atoms with van der Waals surface area (Å²) in [5.74, 6) is -0.0192. The van der Waals surface area contributed by atoms with Crippen LogP contribution in [0.15, 0.2) is 54.6 Å². The van der Waals surface area contributed by atoms with Crippen molar-refractivity contribution in [3.05, 3.63) is 71.3 Å². The molecule has 0 amide bonds. The van der Waals surface area contributed by atoms with E-state index in [-0.39, 0.29) is 11.4 Å². The highest BCUT2D eigenvalue weighted by atomic mass is 19.4. The summed E-state index contributed by atoms with van der Waals surface area (Å²) < 4.78 is 38.3. The van der Waals surface area contributed by atoms with E-state index < -0.39 is 11.7 Å². The maximum absolute atomic E-state index is 12.8. The van der Waals surface area contributed by atoms with Crippen molar-refractivity contribution in [3.8, 4) is 34.5 Å². The molecule has 0 aliphatic carbocycles. The number of pyridine rings is 1. The molecule has 1 aromatic heterocycles. The van der Waals surface area contributed by atoms with Crippen LogP contribution in [0.4, 0.5) is 19.0 Å². The highest BCUT2D eigenvalue weighted by Gasteiger charge is 2.30. The van der Waals surface area contributed by atoms with Crippen molar-refractivity contribution in [1.29, 1.82) is 10.5 Å². The van der Waals surface area contributed by atoms with Gasteiger partial charge in [-0.2, -0.15) is 23.7 Å². The van der Waals surface area contributed by atoms with E-state index in [1.807, 2.05) is 12.1 Å². The van der Waals surface area contributed by atoms with Gasteiger partial charge in [-0.1, -0.05) is 24.3 Å². The quantitative estimate of drug-likeness (QED) is 0.710. The van der Waals surface area contributed by atoms with E-state index in [1.54, 1.807) is 30.3 Å². The van der Waals surface area contributed by atoms with Gasteiger partial charge in [-0.05, 0) is 35.9 Å². The molecular formula is C20H11F3N4. The van der Waals surface area contributed by atoms with Gasteiger partial charge >= 0.3 is 6.18 Å². The summed E-state index contributed by atoms with van der Waals surface area (Å²) in [6, 6.07) is 16.6. The minimum atomic E-state index is -4.44. The number of nitrogen functional groups attached to an aromatic ring is 1. The van der Waals surface area contributed by atoms with Crippen LogP contribution < -0.4 is 5.73 Å². The van der Waals surface area contributed by atoms with Crippen molar-refractivity contribution in [2.24, 2.45) is 0 Å². The van der Waals surface area contributed by atoms with Crippen LogP contribution in [0.3, 0.4) is 0 Å². The second-order valence-corrected chi connectivity index (χ2v) is 5.69. The zero-order chi connectivity index (χ0) is 19.6. The molecule has 4 nitrogen and oxygen atoms in total. The van der Waals surface area contributed by atoms with Gasteiger partial charge < -0.3 is 5.73 Å². The van der Waals surface area contributed by atoms with Crippen LogP contribution in [0, 0.1) is 22.7 Å². The molecule has 0 bridgehead atoms. The summed E-state index contributed by atoms with van der Waals surface area (Å²) in [6.07, 6.45) is -4.44. The van der Waals surface area contributed by atoms with Gasteiger partial charge in [0.1, 0.15) is 17.5 Å². The van der Waals surface area contributed by atoms with E-state index in [4.69, 9.17) is 11.0 Å². The predicted octanol–water partition coefficient (Wildman–Crippen LogP) is 4.76. The summed E-state index contributed by atoms with van der Waals surface area (Å²) >= 11 is 0. The van der Waals surface area contributed by atoms with Crippen molar-refractivity contribution in [1.82, 2.24) is 4.98 Å². The summed E-state index contributed by atoms with van der Waals surface area (Å²) in [7, 11) is 0. The van der Waals surface area contributed by atoms with Crippen LogP contribution in [-0.2, 0) is 6.18 Å². The van der Waals surface area contributed by atoms with Crippen LogP contribution in [0.5, 0.6) is 0 Å². The molecule has 0 aliphatic rings. The third kappa shape index (κ3) is 3.58. The van der Waals surface area contributed by atoms with Crippen LogP contribution in [-0.4, -0.2) is 4.98 Å². The van der Waals surface area contributed by atoms with E-state index in [0.29, 0.717) is 27.9 Å². The van der Waals surface area contributed by atoms with Crippen molar-refractivity contribution in [2.75, 3.05) is 5.73 Å². The van der Waals surface area contributed by atoms with Crippen LogP contribution in [0.1, 0.15) is 16.7 Å². The fourth-order valence-electron chi connectivity index (χ4n) is 2.61. The molecule has 0 unspecified atom stereocenters. The molecule has 0 atom stereocenters. The standard InChI is InChI=1S/C20H11F3N4/c21-20(22,23)15-7-5-13(6-8-15)16-9-18(27-19(26)17(16)11-25)14-3-1-12(10-24)2-4-14/h1-9H,(H2,26,27). The zero-order valence-corrected chi connectivity index (χ0v) is 13.7. The Labute approximate surface area is 152 Å². The van der Waals surface area contributed by atoms with Crippen LogP contribution in [0.2, 0.25) is 0 Å². The Morgan fingerprint density at radius 1 is 0.852 bits per heavy atom. The molecule has 0 fully saturated rings. The number of nitrogens with two attached hydrogens (primary N) is 1. The van der Waals surface area contributed by atoms with Crippen molar-refractivity contribution in [3.63, 3.8) is 0 Å². The molecule has 1 heterocycles. The number of rotatable bonds is 2. The van der Waals surface area contributed by atoms with E-state index in [1.165, 1.54) is 12.1 Å². The van der Waals surface area contributed by atoms with E-state index >= 15 is 0 Å². The van der Waals surface area contributed by atoms with Crippen molar-refractivity contribution < 1.29 is 13.2 Å². The minimum absolute atomic E-state index is 0.0192. The Morgan fingerprint density at radius 2 is 1.44 bits per heavy atom. The number of alkyl halides is 3. The molecule has 3 aromatic rings. The molecule has 0 saturated heterocycles. The van der Waals surface area contributed by atoms with Gasteiger partial charge in [0, 0.05) is 11.1 Å². The zero-order valence-electron chi connectivity index (χ0n) is 13.7. The highest BCUT2D eigenvalue weighted by Crippen LogP contribution is 2.34. The summed E-state index contributed by atoms with van der Waals surface area (Å²) in [5, 5.41) is 18.3.